The molecule has 1 aliphatic carbocycles. The molecule has 1 saturated carbocycles. The Kier molecular flexibility index (Phi) is 2.98. The molecule has 2 aliphatic heterocycles. The van der Waals surface area contributed by atoms with E-state index in [2.05, 4.69) is 9.80 Å². The van der Waals surface area contributed by atoms with Crippen molar-refractivity contribution in [2.45, 2.75) is 44.6 Å². The van der Waals surface area contributed by atoms with Gasteiger partial charge >= 0.3 is 0 Å². The summed E-state index contributed by atoms with van der Waals surface area (Å²) in [5.41, 5.74) is 0. The molecule has 2 heteroatoms. The molecule has 1 atom stereocenters. The summed E-state index contributed by atoms with van der Waals surface area (Å²) in [5.74, 6) is 1.04. The maximum atomic E-state index is 2.75. The average molecular weight is 208 g/mol. The quantitative estimate of drug-likeness (QED) is 0.684. The molecule has 0 spiro atoms. The lowest BCUT2D eigenvalue weighted by atomic mass is 10.1. The first kappa shape index (κ1) is 10.1. The molecule has 86 valence electrons. The number of hydrogen-bond acceptors (Lipinski definition) is 2. The second kappa shape index (κ2) is 4.42. The molecule has 0 N–H and O–H groups in total. The number of fused-ring (bicyclic) bond motifs is 1. The molecule has 3 fully saturated rings. The Morgan fingerprint density at radius 2 is 1.73 bits per heavy atom. The van der Waals surface area contributed by atoms with Gasteiger partial charge < -0.3 is 4.90 Å². The Balaban J connectivity index is 1.50. The SMILES string of the molecule is C1CCC(CN2CCN3CCCC3C2)C1. The summed E-state index contributed by atoms with van der Waals surface area (Å²) in [4.78, 5) is 5.47. The van der Waals surface area contributed by atoms with Crippen molar-refractivity contribution in [1.29, 1.82) is 0 Å². The summed E-state index contributed by atoms with van der Waals surface area (Å²) in [7, 11) is 0. The topological polar surface area (TPSA) is 6.48 Å². The minimum atomic E-state index is 0.917. The number of piperazine rings is 1. The van der Waals surface area contributed by atoms with Gasteiger partial charge in [-0.25, -0.2) is 0 Å². The van der Waals surface area contributed by atoms with E-state index in [-0.39, 0.29) is 0 Å². The largest absolute Gasteiger partial charge is 0.300 e. The molecule has 0 aromatic carbocycles. The molecular formula is C13H24N2. The Bertz CT molecular complexity index is 209. The van der Waals surface area contributed by atoms with Gasteiger partial charge in [0.25, 0.3) is 0 Å². The first-order chi connectivity index (χ1) is 7.42. The van der Waals surface area contributed by atoms with E-state index in [1.165, 1.54) is 71.2 Å². The van der Waals surface area contributed by atoms with E-state index < -0.39 is 0 Å². The first-order valence-electron chi connectivity index (χ1n) is 6.88. The molecule has 0 aromatic rings. The highest BCUT2D eigenvalue weighted by molar-refractivity contribution is 4.87. The monoisotopic (exact) mass is 208 g/mol. The van der Waals surface area contributed by atoms with Gasteiger partial charge in [0.05, 0.1) is 0 Å². The minimum absolute atomic E-state index is 0.917. The van der Waals surface area contributed by atoms with Gasteiger partial charge in [-0.05, 0) is 38.1 Å². The van der Waals surface area contributed by atoms with E-state index in [0.717, 1.165) is 12.0 Å². The minimum Gasteiger partial charge on any atom is -0.300 e. The van der Waals surface area contributed by atoms with Crippen LogP contribution in [0.5, 0.6) is 0 Å². The van der Waals surface area contributed by atoms with Crippen LogP contribution in [0.2, 0.25) is 0 Å². The molecule has 1 unspecified atom stereocenters. The summed E-state index contributed by atoms with van der Waals surface area (Å²) < 4.78 is 0. The third-order valence-corrected chi connectivity index (χ3v) is 4.66. The van der Waals surface area contributed by atoms with Crippen LogP contribution in [0.25, 0.3) is 0 Å². The zero-order valence-corrected chi connectivity index (χ0v) is 9.83. The summed E-state index contributed by atoms with van der Waals surface area (Å²) in [6.07, 6.45) is 8.90. The summed E-state index contributed by atoms with van der Waals surface area (Å²) in [6.45, 7) is 6.84. The normalized spacial score (nSPS) is 34.8. The van der Waals surface area contributed by atoms with Crippen LogP contribution in [0.4, 0.5) is 0 Å². The molecule has 15 heavy (non-hydrogen) atoms. The van der Waals surface area contributed by atoms with Gasteiger partial charge in [0, 0.05) is 32.2 Å². The molecule has 0 aromatic heterocycles. The van der Waals surface area contributed by atoms with Crippen LogP contribution < -0.4 is 0 Å². The van der Waals surface area contributed by atoms with Crippen molar-refractivity contribution in [1.82, 2.24) is 9.80 Å². The zero-order chi connectivity index (χ0) is 10.1. The fraction of sp³-hybridized carbons (Fsp3) is 1.00. The number of hydrogen-bond donors (Lipinski definition) is 0. The highest BCUT2D eigenvalue weighted by Gasteiger charge is 2.31. The van der Waals surface area contributed by atoms with Crippen molar-refractivity contribution in [3.8, 4) is 0 Å². The highest BCUT2D eigenvalue weighted by atomic mass is 15.3. The number of nitrogens with zero attached hydrogens (tertiary/aromatic N) is 2. The van der Waals surface area contributed by atoms with Gasteiger partial charge in [0.1, 0.15) is 0 Å². The summed E-state index contributed by atoms with van der Waals surface area (Å²) in [6, 6.07) is 0.917. The molecule has 0 amide bonds. The molecular weight excluding hydrogens is 184 g/mol. The van der Waals surface area contributed by atoms with Crippen molar-refractivity contribution in [2.75, 3.05) is 32.7 Å². The molecule has 0 radical (unpaired) electrons. The van der Waals surface area contributed by atoms with Crippen LogP contribution in [0.3, 0.4) is 0 Å². The van der Waals surface area contributed by atoms with E-state index in [0.29, 0.717) is 0 Å². The predicted molar refractivity (Wildman–Crippen MR) is 63.0 cm³/mol. The lowest BCUT2D eigenvalue weighted by Crippen LogP contribution is -2.51. The van der Waals surface area contributed by atoms with Crippen LogP contribution >= 0.6 is 0 Å². The van der Waals surface area contributed by atoms with E-state index in [4.69, 9.17) is 0 Å². The predicted octanol–water partition coefficient (Wildman–Crippen LogP) is 1.96. The maximum Gasteiger partial charge on any atom is 0.0224 e. The van der Waals surface area contributed by atoms with Gasteiger partial charge in [-0.15, -0.1) is 0 Å². The molecule has 3 aliphatic rings. The van der Waals surface area contributed by atoms with Crippen molar-refractivity contribution in [3.05, 3.63) is 0 Å². The lowest BCUT2D eigenvalue weighted by Gasteiger charge is -2.38. The third-order valence-electron chi connectivity index (χ3n) is 4.66. The second-order valence-electron chi connectivity index (χ2n) is 5.74. The standard InChI is InChI=1S/C13H24N2/c1-2-5-12(4-1)10-14-8-9-15-7-3-6-13(15)11-14/h12-13H,1-11H2. The van der Waals surface area contributed by atoms with Crippen LogP contribution in [0.15, 0.2) is 0 Å². The Hall–Kier alpha value is -0.0800. The Morgan fingerprint density at radius 1 is 0.867 bits per heavy atom. The molecule has 3 rings (SSSR count). The molecule has 2 heterocycles. The van der Waals surface area contributed by atoms with Crippen molar-refractivity contribution >= 4 is 0 Å². The van der Waals surface area contributed by atoms with Crippen LogP contribution in [0, 0.1) is 5.92 Å². The zero-order valence-electron chi connectivity index (χ0n) is 9.83. The van der Waals surface area contributed by atoms with E-state index >= 15 is 0 Å². The first-order valence-corrected chi connectivity index (χ1v) is 6.88. The van der Waals surface area contributed by atoms with Gasteiger partial charge in [0.15, 0.2) is 0 Å². The summed E-state index contributed by atoms with van der Waals surface area (Å²) in [5, 5.41) is 0. The summed E-state index contributed by atoms with van der Waals surface area (Å²) >= 11 is 0. The third kappa shape index (κ3) is 2.21. The Labute approximate surface area is 93.6 Å². The van der Waals surface area contributed by atoms with Crippen molar-refractivity contribution in [2.24, 2.45) is 5.92 Å². The fourth-order valence-electron chi connectivity index (χ4n) is 3.78. The van der Waals surface area contributed by atoms with Gasteiger partial charge in [-0.2, -0.15) is 0 Å². The van der Waals surface area contributed by atoms with Crippen molar-refractivity contribution < 1.29 is 0 Å². The van der Waals surface area contributed by atoms with Crippen LogP contribution in [-0.4, -0.2) is 48.6 Å². The number of rotatable bonds is 2. The van der Waals surface area contributed by atoms with Crippen LogP contribution in [0.1, 0.15) is 38.5 Å². The molecule has 2 nitrogen and oxygen atoms in total. The van der Waals surface area contributed by atoms with Crippen molar-refractivity contribution in [3.63, 3.8) is 0 Å². The second-order valence-corrected chi connectivity index (χ2v) is 5.74. The highest BCUT2D eigenvalue weighted by Crippen LogP contribution is 2.27. The fourth-order valence-corrected chi connectivity index (χ4v) is 3.78. The van der Waals surface area contributed by atoms with Crippen LogP contribution in [-0.2, 0) is 0 Å². The Morgan fingerprint density at radius 3 is 2.60 bits per heavy atom. The van der Waals surface area contributed by atoms with Gasteiger partial charge in [-0.3, -0.25) is 4.90 Å². The average Bonchev–Trinajstić information content (AvgIpc) is 2.87. The van der Waals surface area contributed by atoms with E-state index in [1.54, 1.807) is 0 Å². The van der Waals surface area contributed by atoms with E-state index in [9.17, 15) is 0 Å². The lowest BCUT2D eigenvalue weighted by molar-refractivity contribution is 0.0924. The maximum absolute atomic E-state index is 2.75. The molecule has 0 bridgehead atoms. The van der Waals surface area contributed by atoms with Gasteiger partial charge in [-0.1, -0.05) is 12.8 Å². The smallest absolute Gasteiger partial charge is 0.0224 e. The molecule has 2 saturated heterocycles. The van der Waals surface area contributed by atoms with Gasteiger partial charge in [0.2, 0.25) is 0 Å². The van der Waals surface area contributed by atoms with E-state index in [1.807, 2.05) is 0 Å².